The molecule has 2 fully saturated rings. The molecule has 2 aliphatic rings. The summed E-state index contributed by atoms with van der Waals surface area (Å²) < 4.78 is 0. The first-order valence-corrected chi connectivity index (χ1v) is 9.21. The van der Waals surface area contributed by atoms with Crippen molar-refractivity contribution in [3.8, 4) is 5.75 Å². The Kier molecular flexibility index (Phi) is 5.10. The zero-order valence-corrected chi connectivity index (χ0v) is 13.9. The molecule has 0 aromatic heterocycles. The van der Waals surface area contributed by atoms with Crippen LogP contribution in [0.5, 0.6) is 5.75 Å². The van der Waals surface area contributed by atoms with E-state index in [4.69, 9.17) is 0 Å². The smallest absolute Gasteiger partial charge is 0.228 e. The van der Waals surface area contributed by atoms with E-state index in [0.29, 0.717) is 19.5 Å². The molecule has 0 aliphatic carbocycles. The number of likely N-dealkylation sites (tertiary alicyclic amines) is 1. The molecule has 23 heavy (non-hydrogen) atoms. The van der Waals surface area contributed by atoms with Crippen LogP contribution in [0.15, 0.2) is 24.3 Å². The summed E-state index contributed by atoms with van der Waals surface area (Å²) in [6, 6.07) is 7.04. The van der Waals surface area contributed by atoms with Gasteiger partial charge in [0.15, 0.2) is 0 Å². The van der Waals surface area contributed by atoms with Gasteiger partial charge in [-0.1, -0.05) is 12.1 Å². The minimum Gasteiger partial charge on any atom is -0.508 e. The third kappa shape index (κ3) is 3.99. The summed E-state index contributed by atoms with van der Waals surface area (Å²) in [7, 11) is 0. The largest absolute Gasteiger partial charge is 0.508 e. The molecule has 0 saturated carbocycles. The van der Waals surface area contributed by atoms with Crippen molar-refractivity contribution >= 4 is 23.6 Å². The SMILES string of the molecule is O=C1C[C@H](C(=O)N2CCSCC2)CN1CCc1ccc(O)cc1. The van der Waals surface area contributed by atoms with E-state index in [1.165, 1.54) is 0 Å². The van der Waals surface area contributed by atoms with Crippen LogP contribution in [-0.2, 0) is 16.0 Å². The number of aromatic hydroxyl groups is 1. The third-order valence-corrected chi connectivity index (χ3v) is 5.44. The van der Waals surface area contributed by atoms with E-state index >= 15 is 0 Å². The molecule has 0 unspecified atom stereocenters. The van der Waals surface area contributed by atoms with E-state index in [0.717, 1.165) is 36.6 Å². The number of phenols is 1. The molecule has 2 aliphatic heterocycles. The topological polar surface area (TPSA) is 60.9 Å². The number of nitrogens with zero attached hydrogens (tertiary/aromatic N) is 2. The monoisotopic (exact) mass is 334 g/mol. The molecule has 0 radical (unpaired) electrons. The Morgan fingerprint density at radius 2 is 1.91 bits per heavy atom. The van der Waals surface area contributed by atoms with Crippen molar-refractivity contribution in [1.82, 2.24) is 9.80 Å². The molecule has 1 aromatic carbocycles. The van der Waals surface area contributed by atoms with Gasteiger partial charge in [0.25, 0.3) is 0 Å². The highest BCUT2D eigenvalue weighted by atomic mass is 32.2. The predicted octanol–water partition coefficient (Wildman–Crippen LogP) is 1.36. The molecule has 1 aromatic rings. The summed E-state index contributed by atoms with van der Waals surface area (Å²) in [4.78, 5) is 28.4. The number of carbonyl (C=O) groups excluding carboxylic acids is 2. The first kappa shape index (κ1) is 16.2. The van der Waals surface area contributed by atoms with Crippen LogP contribution in [-0.4, -0.2) is 64.4 Å². The Balaban J connectivity index is 1.52. The number of carbonyl (C=O) groups is 2. The van der Waals surface area contributed by atoms with Gasteiger partial charge in [0.05, 0.1) is 5.92 Å². The second kappa shape index (κ2) is 7.25. The van der Waals surface area contributed by atoms with Crippen LogP contribution in [0.25, 0.3) is 0 Å². The second-order valence-electron chi connectivity index (χ2n) is 6.09. The van der Waals surface area contributed by atoms with E-state index in [-0.39, 0.29) is 23.5 Å². The fourth-order valence-electron chi connectivity index (χ4n) is 3.12. The zero-order chi connectivity index (χ0) is 16.2. The predicted molar refractivity (Wildman–Crippen MR) is 90.4 cm³/mol. The Labute approximate surface area is 140 Å². The Bertz CT molecular complexity index is 570. The standard InChI is InChI=1S/C17H22N2O3S/c20-15-3-1-13(2-4-15)5-6-19-12-14(11-16(19)21)17(22)18-7-9-23-10-8-18/h1-4,14,20H,5-12H2/t14-/m0/s1. The van der Waals surface area contributed by atoms with Crippen LogP contribution in [0.4, 0.5) is 0 Å². The van der Waals surface area contributed by atoms with Crippen molar-refractivity contribution in [3.63, 3.8) is 0 Å². The van der Waals surface area contributed by atoms with Gasteiger partial charge in [-0.05, 0) is 24.1 Å². The van der Waals surface area contributed by atoms with Gasteiger partial charge < -0.3 is 14.9 Å². The van der Waals surface area contributed by atoms with E-state index in [9.17, 15) is 14.7 Å². The summed E-state index contributed by atoms with van der Waals surface area (Å²) >= 11 is 1.88. The molecule has 1 N–H and O–H groups in total. The average Bonchev–Trinajstić information content (AvgIpc) is 2.95. The first-order chi connectivity index (χ1) is 11.1. The first-order valence-electron chi connectivity index (χ1n) is 8.05. The van der Waals surface area contributed by atoms with Crippen LogP contribution in [0.1, 0.15) is 12.0 Å². The number of benzene rings is 1. The molecule has 2 amide bonds. The highest BCUT2D eigenvalue weighted by Crippen LogP contribution is 2.22. The number of hydrogen-bond acceptors (Lipinski definition) is 4. The molecule has 0 bridgehead atoms. The van der Waals surface area contributed by atoms with Gasteiger partial charge in [-0.3, -0.25) is 9.59 Å². The van der Waals surface area contributed by atoms with Crippen molar-refractivity contribution in [2.75, 3.05) is 37.7 Å². The maximum absolute atomic E-state index is 12.5. The van der Waals surface area contributed by atoms with E-state index in [1.807, 2.05) is 28.8 Å². The maximum Gasteiger partial charge on any atom is 0.228 e. The Morgan fingerprint density at radius 3 is 2.61 bits per heavy atom. The van der Waals surface area contributed by atoms with Crippen molar-refractivity contribution in [2.45, 2.75) is 12.8 Å². The summed E-state index contributed by atoms with van der Waals surface area (Å²) in [6.45, 7) is 2.78. The Hall–Kier alpha value is -1.69. The van der Waals surface area contributed by atoms with Crippen LogP contribution in [0.3, 0.4) is 0 Å². The lowest BCUT2D eigenvalue weighted by Gasteiger charge is -2.28. The average molecular weight is 334 g/mol. The van der Waals surface area contributed by atoms with Gasteiger partial charge in [0, 0.05) is 44.1 Å². The van der Waals surface area contributed by atoms with Crippen LogP contribution in [0, 0.1) is 5.92 Å². The molecule has 3 rings (SSSR count). The summed E-state index contributed by atoms with van der Waals surface area (Å²) in [5.41, 5.74) is 1.08. The molecular weight excluding hydrogens is 312 g/mol. The van der Waals surface area contributed by atoms with Gasteiger partial charge in [-0.15, -0.1) is 0 Å². The molecule has 2 saturated heterocycles. The summed E-state index contributed by atoms with van der Waals surface area (Å²) in [6.07, 6.45) is 1.09. The maximum atomic E-state index is 12.5. The molecule has 0 spiro atoms. The number of hydrogen-bond donors (Lipinski definition) is 1. The molecular formula is C17H22N2O3S. The lowest BCUT2D eigenvalue weighted by molar-refractivity contribution is -0.135. The van der Waals surface area contributed by atoms with Gasteiger partial charge in [-0.2, -0.15) is 11.8 Å². The van der Waals surface area contributed by atoms with Gasteiger partial charge in [0.2, 0.25) is 11.8 Å². The van der Waals surface area contributed by atoms with Crippen LogP contribution in [0.2, 0.25) is 0 Å². The normalized spacial score (nSPS) is 21.7. The number of rotatable bonds is 4. The third-order valence-electron chi connectivity index (χ3n) is 4.49. The molecule has 5 nitrogen and oxygen atoms in total. The van der Waals surface area contributed by atoms with Crippen molar-refractivity contribution in [2.24, 2.45) is 5.92 Å². The lowest BCUT2D eigenvalue weighted by Crippen LogP contribution is -2.42. The molecule has 6 heteroatoms. The lowest BCUT2D eigenvalue weighted by atomic mass is 10.1. The molecule has 124 valence electrons. The Morgan fingerprint density at radius 1 is 1.22 bits per heavy atom. The second-order valence-corrected chi connectivity index (χ2v) is 7.32. The van der Waals surface area contributed by atoms with Gasteiger partial charge in [0.1, 0.15) is 5.75 Å². The number of amides is 2. The number of thioether (sulfide) groups is 1. The van der Waals surface area contributed by atoms with Gasteiger partial charge in [-0.25, -0.2) is 0 Å². The van der Waals surface area contributed by atoms with Crippen molar-refractivity contribution < 1.29 is 14.7 Å². The van der Waals surface area contributed by atoms with Crippen molar-refractivity contribution in [1.29, 1.82) is 0 Å². The summed E-state index contributed by atoms with van der Waals surface area (Å²) in [5, 5.41) is 9.29. The van der Waals surface area contributed by atoms with E-state index in [2.05, 4.69) is 0 Å². The molecule has 1 atom stereocenters. The van der Waals surface area contributed by atoms with Crippen LogP contribution >= 0.6 is 11.8 Å². The van der Waals surface area contributed by atoms with Crippen molar-refractivity contribution in [3.05, 3.63) is 29.8 Å². The highest BCUT2D eigenvalue weighted by Gasteiger charge is 2.36. The summed E-state index contributed by atoms with van der Waals surface area (Å²) in [5.74, 6) is 2.29. The number of phenolic OH excluding ortho intramolecular Hbond substituents is 1. The van der Waals surface area contributed by atoms with Crippen LogP contribution < -0.4 is 0 Å². The van der Waals surface area contributed by atoms with E-state index < -0.39 is 0 Å². The quantitative estimate of drug-likeness (QED) is 0.903. The molecule has 2 heterocycles. The zero-order valence-electron chi connectivity index (χ0n) is 13.1. The van der Waals surface area contributed by atoms with E-state index in [1.54, 1.807) is 17.0 Å². The minimum absolute atomic E-state index is 0.0773. The fourth-order valence-corrected chi connectivity index (χ4v) is 4.03. The highest BCUT2D eigenvalue weighted by molar-refractivity contribution is 7.99. The fraction of sp³-hybridized carbons (Fsp3) is 0.529. The van der Waals surface area contributed by atoms with Gasteiger partial charge >= 0.3 is 0 Å². The minimum atomic E-state index is -0.176.